The number of hydrogen-bond acceptors (Lipinski definition) is 6. The second kappa shape index (κ2) is 12.8. The van der Waals surface area contributed by atoms with Crippen molar-refractivity contribution in [2.75, 3.05) is 19.6 Å². The topological polar surface area (TPSA) is 125 Å². The summed E-state index contributed by atoms with van der Waals surface area (Å²) in [6.45, 7) is -0.405. The number of piperazine rings is 1. The van der Waals surface area contributed by atoms with Crippen LogP contribution in [-0.2, 0) is 45.1 Å². The number of alkyl halides is 4. The van der Waals surface area contributed by atoms with E-state index in [1.54, 1.807) is 0 Å². The number of fused-ring (bicyclic) bond motifs is 1. The van der Waals surface area contributed by atoms with Gasteiger partial charge in [-0.1, -0.05) is 30.3 Å². The van der Waals surface area contributed by atoms with Gasteiger partial charge in [-0.15, -0.1) is 0 Å². The Morgan fingerprint density at radius 2 is 1.71 bits per heavy atom. The van der Waals surface area contributed by atoms with E-state index in [-0.39, 0.29) is 49.6 Å². The molecule has 2 aliphatic heterocycles. The summed E-state index contributed by atoms with van der Waals surface area (Å²) in [6, 6.07) is 9.48. The van der Waals surface area contributed by atoms with E-state index < -0.39 is 61.2 Å². The minimum Gasteiger partial charge on any atom is -0.444 e. The highest BCUT2D eigenvalue weighted by Gasteiger charge is 2.51. The first-order valence-electron chi connectivity index (χ1n) is 13.3. The molecule has 4 rings (SSSR count). The Morgan fingerprint density at radius 1 is 1.02 bits per heavy atom. The van der Waals surface area contributed by atoms with Crippen LogP contribution in [0.3, 0.4) is 0 Å². The van der Waals surface area contributed by atoms with Crippen LogP contribution in [-0.4, -0.2) is 76.4 Å². The summed E-state index contributed by atoms with van der Waals surface area (Å²) in [5.74, 6) is -1.47. The molecule has 0 radical (unpaired) electrons. The second-order valence-electron chi connectivity index (χ2n) is 10.1. The lowest BCUT2D eigenvalue weighted by molar-refractivity contribution is -0.170. The van der Waals surface area contributed by atoms with Crippen LogP contribution in [0.5, 0.6) is 0 Å². The summed E-state index contributed by atoms with van der Waals surface area (Å²) in [6.07, 6.45) is -6.79. The van der Waals surface area contributed by atoms with Gasteiger partial charge in [0, 0.05) is 19.5 Å². The number of nitrogens with zero attached hydrogens (tertiary/aromatic N) is 3. The van der Waals surface area contributed by atoms with Crippen LogP contribution in [0.1, 0.15) is 35.6 Å². The molecule has 2 heterocycles. The van der Waals surface area contributed by atoms with Gasteiger partial charge in [0.25, 0.3) is 0 Å². The number of hydrogen-bond donors (Lipinski definition) is 2. The molecule has 2 aromatic rings. The number of amides is 4. The highest BCUT2D eigenvalue weighted by Crippen LogP contribution is 2.32. The highest BCUT2D eigenvalue weighted by atomic mass is 19.4. The van der Waals surface area contributed by atoms with Gasteiger partial charge in [-0.3, -0.25) is 19.3 Å². The molecule has 0 aromatic heterocycles. The van der Waals surface area contributed by atoms with E-state index in [0.717, 1.165) is 17.7 Å². The fourth-order valence-electron chi connectivity index (χ4n) is 5.14. The molecule has 10 nitrogen and oxygen atoms in total. The molecule has 42 heavy (non-hydrogen) atoms. The lowest BCUT2D eigenvalue weighted by atomic mass is 10.0. The van der Waals surface area contributed by atoms with Crippen LogP contribution in [0, 0.1) is 0 Å². The van der Waals surface area contributed by atoms with Gasteiger partial charge in [-0.05, 0) is 41.8 Å². The van der Waals surface area contributed by atoms with Crippen molar-refractivity contribution < 1.29 is 41.5 Å². The van der Waals surface area contributed by atoms with E-state index in [9.17, 15) is 36.7 Å². The molecule has 3 N–H and O–H groups in total. The van der Waals surface area contributed by atoms with E-state index in [1.807, 2.05) is 30.3 Å². The fourth-order valence-corrected chi connectivity index (χ4v) is 5.14. The molecule has 0 unspecified atom stereocenters. The minimum absolute atomic E-state index is 0.0199. The van der Waals surface area contributed by atoms with E-state index in [1.165, 1.54) is 21.6 Å². The summed E-state index contributed by atoms with van der Waals surface area (Å²) < 4.78 is 58.5. The molecular formula is C28H31F4N5O5. The van der Waals surface area contributed by atoms with Gasteiger partial charge in [0.2, 0.25) is 17.7 Å². The zero-order chi connectivity index (χ0) is 30.6. The summed E-state index contributed by atoms with van der Waals surface area (Å²) in [7, 11) is 0. The Hall–Kier alpha value is -4.20. The molecule has 14 heteroatoms. The number of carbonyl (C=O) groups is 4. The molecule has 4 amide bonds. The quantitative estimate of drug-likeness (QED) is 0.454. The van der Waals surface area contributed by atoms with Crippen molar-refractivity contribution in [2.24, 2.45) is 5.73 Å². The lowest BCUT2D eigenvalue weighted by Crippen LogP contribution is -2.75. The number of ether oxygens (including phenoxy) is 1. The Labute approximate surface area is 239 Å². The summed E-state index contributed by atoms with van der Waals surface area (Å²) in [5, 5.41) is 2.54. The number of halogens is 4. The molecule has 2 saturated heterocycles. The average molecular weight is 594 g/mol. The predicted molar refractivity (Wildman–Crippen MR) is 141 cm³/mol. The number of nitrogens with two attached hydrogens (primary N) is 1. The molecule has 0 saturated carbocycles. The number of nitrogens with one attached hydrogen (secondary N) is 1. The summed E-state index contributed by atoms with van der Waals surface area (Å²) in [5.41, 5.74) is 4.86. The predicted octanol–water partition coefficient (Wildman–Crippen LogP) is 2.55. The summed E-state index contributed by atoms with van der Waals surface area (Å²) in [4.78, 5) is 56.3. The third-order valence-electron chi connectivity index (χ3n) is 7.14. The van der Waals surface area contributed by atoms with Gasteiger partial charge in [0.15, 0.2) is 0 Å². The van der Waals surface area contributed by atoms with E-state index >= 15 is 0 Å². The maximum absolute atomic E-state index is 13.5. The molecule has 2 aromatic carbocycles. The van der Waals surface area contributed by atoms with Gasteiger partial charge in [-0.25, -0.2) is 9.18 Å². The number of benzene rings is 2. The number of rotatable bonds is 8. The largest absolute Gasteiger partial charge is 0.444 e. The van der Waals surface area contributed by atoms with Crippen LogP contribution >= 0.6 is 0 Å². The monoisotopic (exact) mass is 593 g/mol. The molecular weight excluding hydrogens is 562 g/mol. The number of carbonyl (C=O) groups excluding carboxylic acids is 4. The zero-order valence-electron chi connectivity index (χ0n) is 22.8. The first kappa shape index (κ1) is 30.8. The maximum Gasteiger partial charge on any atom is 0.416 e. The van der Waals surface area contributed by atoms with Crippen LogP contribution in [0.25, 0.3) is 0 Å². The van der Waals surface area contributed by atoms with Crippen molar-refractivity contribution in [1.82, 2.24) is 20.0 Å². The minimum atomic E-state index is -4.74. The van der Waals surface area contributed by atoms with Gasteiger partial charge >= 0.3 is 12.3 Å². The van der Waals surface area contributed by atoms with Crippen molar-refractivity contribution in [1.29, 1.82) is 0 Å². The molecule has 3 atom stereocenters. The molecule has 0 spiro atoms. The van der Waals surface area contributed by atoms with E-state index in [2.05, 4.69) is 5.32 Å². The van der Waals surface area contributed by atoms with Crippen molar-refractivity contribution in [3.05, 3.63) is 70.8 Å². The van der Waals surface area contributed by atoms with Gasteiger partial charge in [0.05, 0.1) is 18.7 Å². The van der Waals surface area contributed by atoms with Gasteiger partial charge < -0.3 is 25.6 Å². The fraction of sp³-hybridized carbons (Fsp3) is 0.429. The summed E-state index contributed by atoms with van der Waals surface area (Å²) >= 11 is 0. The molecule has 0 bridgehead atoms. The van der Waals surface area contributed by atoms with E-state index in [0.29, 0.717) is 6.07 Å². The van der Waals surface area contributed by atoms with Gasteiger partial charge in [0.1, 0.15) is 31.5 Å². The zero-order valence-corrected chi connectivity index (χ0v) is 22.8. The van der Waals surface area contributed by atoms with Crippen molar-refractivity contribution >= 4 is 23.8 Å². The Bertz CT molecular complexity index is 1330. The Morgan fingerprint density at radius 3 is 2.36 bits per heavy atom. The van der Waals surface area contributed by atoms with Crippen LogP contribution in [0.2, 0.25) is 0 Å². The molecule has 2 fully saturated rings. The maximum atomic E-state index is 13.5. The highest BCUT2D eigenvalue weighted by molar-refractivity contribution is 5.94. The SMILES string of the molecule is C[C@H]1C(=O)N(Cc2ccccc2)C[C@@H]2N(C(=O)OCc3cc(CF)cc(C(F)(F)F)c3)C[C@H](NC(=O)CCN)C(=O)N21. The molecule has 226 valence electrons. The molecule has 2 aliphatic rings. The first-order chi connectivity index (χ1) is 19.9. The van der Waals surface area contributed by atoms with Crippen molar-refractivity contribution in [3.63, 3.8) is 0 Å². The van der Waals surface area contributed by atoms with Crippen LogP contribution in [0.15, 0.2) is 48.5 Å². The van der Waals surface area contributed by atoms with Gasteiger partial charge in [-0.2, -0.15) is 13.2 Å². The van der Waals surface area contributed by atoms with E-state index in [4.69, 9.17) is 10.5 Å². The Kier molecular flexibility index (Phi) is 9.34. The van der Waals surface area contributed by atoms with Crippen molar-refractivity contribution in [2.45, 2.75) is 57.6 Å². The molecule has 0 aliphatic carbocycles. The van der Waals surface area contributed by atoms with Crippen molar-refractivity contribution in [3.8, 4) is 0 Å². The van der Waals surface area contributed by atoms with Crippen LogP contribution in [0.4, 0.5) is 22.4 Å². The second-order valence-corrected chi connectivity index (χ2v) is 10.1. The third kappa shape index (κ3) is 6.81. The first-order valence-corrected chi connectivity index (χ1v) is 13.3. The smallest absolute Gasteiger partial charge is 0.416 e. The Balaban J connectivity index is 1.60. The third-order valence-corrected chi connectivity index (χ3v) is 7.14. The normalized spacial score (nSPS) is 20.8. The standard InChI is InChI=1S/C28H31F4N5O5/c1-17-25(39)35(13-18-5-3-2-4-6-18)15-24-36(14-22(26(40)37(17)24)34-23(38)7-8-33)27(41)42-16-20-9-19(12-29)10-21(11-20)28(30,31)32/h2-6,9-11,17,22,24H,7-8,12-16,33H2,1H3,(H,34,38)/t17-,22-,24+/m0/s1. The average Bonchev–Trinajstić information content (AvgIpc) is 2.95. The van der Waals surface area contributed by atoms with Crippen LogP contribution < -0.4 is 11.1 Å². The lowest BCUT2D eigenvalue weighted by Gasteiger charge is -2.52.